The Morgan fingerprint density at radius 2 is 1.14 bits per heavy atom. The summed E-state index contributed by atoms with van der Waals surface area (Å²) in [6.07, 6.45) is 6.86. The van der Waals surface area contributed by atoms with Gasteiger partial charge >= 0.3 is 11.4 Å². The fourth-order valence-electron chi connectivity index (χ4n) is 8.59. The number of aromatic nitrogens is 12. The van der Waals surface area contributed by atoms with Crippen molar-refractivity contribution in [3.63, 3.8) is 0 Å². The molecule has 2 atom stereocenters. The monoisotopic (exact) mass is 1060 g/mol. The Bertz CT molecular complexity index is 3680. The zero-order chi connectivity index (χ0) is 47.9. The summed E-state index contributed by atoms with van der Waals surface area (Å²) in [5.41, 5.74) is 3.97. The van der Waals surface area contributed by atoms with Crippen molar-refractivity contribution in [2.24, 2.45) is 0 Å². The van der Waals surface area contributed by atoms with Crippen molar-refractivity contribution < 1.29 is 37.2 Å². The standard InChI is InChI=1S/C23H18F2N6O3.C21H14F2N6O2.C2H5IO/c24-13-2-4-20-15(9-13)17(5-8-34-20)31-21-19(29(6-7-32)23(31)33)11-26-22(28-21)30-12-27-16-3-1-14(25)10-18(16)30;22-11-2-4-18-13(7-11)16(5-6-31-18)29-19-15(26-21(29)30)9-24-20(27-19)28-10-25-14-3-1-12(23)8-17(14)28;3-1-2-4/h1-4,9-12,17,32H,5-8H2;1-4,7-10,16H,5-6H2,(H,26,30);4H,1-2H2/t17-;16-;/m11./s1. The molecule has 0 fully saturated rings. The summed E-state index contributed by atoms with van der Waals surface area (Å²) in [5, 5.41) is 17.4. The van der Waals surface area contributed by atoms with E-state index in [9.17, 15) is 32.3 Å². The van der Waals surface area contributed by atoms with E-state index in [0.29, 0.717) is 99.7 Å². The molecule has 18 nitrogen and oxygen atoms in total. The number of alkyl halides is 1. The molecular formula is C46H37F4IN12O6. The van der Waals surface area contributed by atoms with Gasteiger partial charge in [0, 0.05) is 40.5 Å². The molecule has 2 aliphatic heterocycles. The number of imidazole rings is 4. The fourth-order valence-corrected chi connectivity index (χ4v) is 8.59. The molecule has 6 aromatic heterocycles. The zero-order valence-electron chi connectivity index (χ0n) is 35.9. The van der Waals surface area contributed by atoms with Crippen LogP contribution in [0.25, 0.3) is 56.3 Å². The summed E-state index contributed by atoms with van der Waals surface area (Å²) in [6, 6.07) is 15.9. The van der Waals surface area contributed by atoms with Crippen molar-refractivity contribution in [1.29, 1.82) is 0 Å². The molecule has 0 bridgehead atoms. The number of hydrogen-bond donors (Lipinski definition) is 3. The number of rotatable bonds is 7. The van der Waals surface area contributed by atoms with E-state index in [1.54, 1.807) is 28.8 Å². The first-order valence-corrected chi connectivity index (χ1v) is 22.9. The van der Waals surface area contributed by atoms with Gasteiger partial charge in [-0.05, 0) is 60.7 Å². The van der Waals surface area contributed by atoms with E-state index >= 15 is 0 Å². The SMILES string of the molecule is O=c1[nH]c2cnc(-n3cnc4ccc(F)cc43)nc2n1[C@@H]1CCOc2ccc(F)cc21.O=c1n(CCO)c2cnc(-n3cnc4ccc(F)cc43)nc2n1[C@@H]1CCOc2ccc(F)cc21.OCCI. The highest BCUT2D eigenvalue weighted by atomic mass is 127. The van der Waals surface area contributed by atoms with Gasteiger partial charge in [0.15, 0.2) is 11.3 Å². The fraction of sp³-hybridized carbons (Fsp3) is 0.217. The predicted octanol–water partition coefficient (Wildman–Crippen LogP) is 6.10. The molecule has 8 heterocycles. The third-order valence-electron chi connectivity index (χ3n) is 11.6. The highest BCUT2D eigenvalue weighted by Crippen LogP contribution is 2.37. The molecule has 12 rings (SSSR count). The van der Waals surface area contributed by atoms with Gasteiger partial charge in [-0.25, -0.2) is 47.1 Å². The van der Waals surface area contributed by atoms with Crippen molar-refractivity contribution in [2.75, 3.05) is 30.9 Å². The molecule has 23 heteroatoms. The second kappa shape index (κ2) is 18.9. The van der Waals surface area contributed by atoms with Crippen molar-refractivity contribution in [2.45, 2.75) is 31.5 Å². The summed E-state index contributed by atoms with van der Waals surface area (Å²) in [7, 11) is 0. The van der Waals surface area contributed by atoms with Gasteiger partial charge in [0.05, 0.1) is 79.5 Å². The third kappa shape index (κ3) is 8.45. The number of hydrogen-bond acceptors (Lipinski definition) is 12. The smallest absolute Gasteiger partial charge is 0.331 e. The largest absolute Gasteiger partial charge is 0.493 e. The number of ether oxygens (including phenoxy) is 2. The van der Waals surface area contributed by atoms with Crippen LogP contribution in [0.1, 0.15) is 36.1 Å². The summed E-state index contributed by atoms with van der Waals surface area (Å²) in [6.45, 7) is 0.812. The number of fused-ring (bicyclic) bond motifs is 6. The van der Waals surface area contributed by atoms with Crippen LogP contribution >= 0.6 is 22.6 Å². The minimum atomic E-state index is -0.533. The highest BCUT2D eigenvalue weighted by Gasteiger charge is 2.30. The second-order valence-corrected chi connectivity index (χ2v) is 16.8. The van der Waals surface area contributed by atoms with Crippen LogP contribution < -0.4 is 20.9 Å². The van der Waals surface area contributed by atoms with E-state index in [1.807, 2.05) is 0 Å². The maximum absolute atomic E-state index is 14.1. The van der Waals surface area contributed by atoms with Gasteiger partial charge in [-0.3, -0.25) is 22.8 Å². The third-order valence-corrected chi connectivity index (χ3v) is 12.1. The Morgan fingerprint density at radius 1 is 0.638 bits per heavy atom. The lowest BCUT2D eigenvalue weighted by molar-refractivity contribution is 0.252. The van der Waals surface area contributed by atoms with Crippen LogP contribution in [0.3, 0.4) is 0 Å². The molecule has 10 aromatic rings. The van der Waals surface area contributed by atoms with E-state index in [0.717, 1.165) is 4.43 Å². The van der Waals surface area contributed by atoms with E-state index in [4.69, 9.17) is 14.6 Å². The van der Waals surface area contributed by atoms with E-state index in [2.05, 4.69) is 57.5 Å². The maximum Gasteiger partial charge on any atom is 0.331 e. The Morgan fingerprint density at radius 3 is 1.70 bits per heavy atom. The molecule has 352 valence electrons. The second-order valence-electron chi connectivity index (χ2n) is 15.7. The van der Waals surface area contributed by atoms with Gasteiger partial charge in [0.25, 0.3) is 0 Å². The van der Waals surface area contributed by atoms with Gasteiger partial charge in [-0.15, -0.1) is 0 Å². The van der Waals surface area contributed by atoms with Gasteiger partial charge in [0.1, 0.15) is 58.5 Å². The normalized spacial score (nSPS) is 15.2. The van der Waals surface area contributed by atoms with Crippen molar-refractivity contribution in [3.05, 3.63) is 153 Å². The van der Waals surface area contributed by atoms with Crippen LogP contribution in [0.4, 0.5) is 17.6 Å². The molecule has 0 saturated heterocycles. The lowest BCUT2D eigenvalue weighted by atomic mass is 10.00. The predicted molar refractivity (Wildman–Crippen MR) is 251 cm³/mol. The first-order chi connectivity index (χ1) is 33.5. The van der Waals surface area contributed by atoms with Gasteiger partial charge < -0.3 is 24.7 Å². The Labute approximate surface area is 399 Å². The highest BCUT2D eigenvalue weighted by molar-refractivity contribution is 14.1. The molecule has 0 unspecified atom stereocenters. The topological polar surface area (TPSA) is 211 Å². The quantitative estimate of drug-likeness (QED) is 0.0940. The number of aliphatic hydroxyl groups is 2. The van der Waals surface area contributed by atoms with Crippen molar-refractivity contribution in [3.8, 4) is 23.4 Å². The molecule has 0 aliphatic carbocycles. The average Bonchev–Trinajstić information content (AvgIpc) is 4.12. The first kappa shape index (κ1) is 45.3. The Hall–Kier alpha value is -7.51. The Kier molecular flexibility index (Phi) is 12.4. The lowest BCUT2D eigenvalue weighted by Gasteiger charge is -2.26. The molecule has 0 spiro atoms. The van der Waals surface area contributed by atoms with Gasteiger partial charge in [0.2, 0.25) is 11.9 Å². The molecule has 0 radical (unpaired) electrons. The van der Waals surface area contributed by atoms with Gasteiger partial charge in [-0.1, -0.05) is 22.6 Å². The van der Waals surface area contributed by atoms with E-state index < -0.39 is 41.0 Å². The molecular weight excluding hydrogens is 1020 g/mol. The van der Waals surface area contributed by atoms with Crippen molar-refractivity contribution in [1.82, 2.24) is 57.7 Å². The molecule has 4 aromatic carbocycles. The number of nitrogens with one attached hydrogen (secondary N) is 1. The molecule has 69 heavy (non-hydrogen) atoms. The molecule has 3 N–H and O–H groups in total. The summed E-state index contributed by atoms with van der Waals surface area (Å²) >= 11 is 2.10. The zero-order valence-corrected chi connectivity index (χ0v) is 38.0. The van der Waals surface area contributed by atoms with Crippen LogP contribution in [-0.2, 0) is 6.54 Å². The van der Waals surface area contributed by atoms with Crippen LogP contribution in [0.5, 0.6) is 11.5 Å². The molecule has 2 aliphatic rings. The maximum atomic E-state index is 14.1. The van der Waals surface area contributed by atoms with E-state index in [1.165, 1.54) is 91.8 Å². The first-order valence-electron chi connectivity index (χ1n) is 21.4. The number of halogens is 5. The number of H-pyrrole nitrogens is 1. The number of benzene rings is 4. The lowest BCUT2D eigenvalue weighted by Crippen LogP contribution is -2.31. The Balaban J connectivity index is 0.000000149. The molecule has 0 amide bonds. The van der Waals surface area contributed by atoms with Crippen LogP contribution in [-0.4, -0.2) is 98.8 Å². The van der Waals surface area contributed by atoms with Crippen LogP contribution in [0.15, 0.2) is 107 Å². The van der Waals surface area contributed by atoms with Gasteiger partial charge in [-0.2, -0.15) is 9.97 Å². The van der Waals surface area contributed by atoms with E-state index in [-0.39, 0.29) is 30.7 Å². The van der Waals surface area contributed by atoms with Crippen molar-refractivity contribution >= 4 is 67.0 Å². The number of aromatic amines is 1. The van der Waals surface area contributed by atoms with Crippen LogP contribution in [0, 0.1) is 23.3 Å². The van der Waals surface area contributed by atoms with Crippen LogP contribution in [0.2, 0.25) is 0 Å². The minimum Gasteiger partial charge on any atom is -0.493 e. The number of aliphatic hydroxyl groups excluding tert-OH is 2. The summed E-state index contributed by atoms with van der Waals surface area (Å²) in [5.74, 6) is -0.228. The molecule has 0 saturated carbocycles. The number of nitrogens with zero attached hydrogens (tertiary/aromatic N) is 11. The average molecular weight is 1060 g/mol. The summed E-state index contributed by atoms with van der Waals surface area (Å²) in [4.78, 5) is 55.5. The minimum absolute atomic E-state index is 0.0451. The summed E-state index contributed by atoms with van der Waals surface area (Å²) < 4.78 is 75.3.